The van der Waals surface area contributed by atoms with Crippen LogP contribution in [0.2, 0.25) is 0 Å². The Morgan fingerprint density at radius 2 is 1.54 bits per heavy atom. The minimum absolute atomic E-state index is 0. The lowest BCUT2D eigenvalue weighted by atomic mass is 10.2. The van der Waals surface area contributed by atoms with Crippen molar-refractivity contribution in [2.75, 3.05) is 44.7 Å². The van der Waals surface area contributed by atoms with E-state index in [0.29, 0.717) is 24.7 Å². The van der Waals surface area contributed by atoms with Crippen molar-refractivity contribution in [2.24, 2.45) is 0 Å². The number of nitrogens with zero attached hydrogens (tertiary/aromatic N) is 4. The molecule has 4 rings (SSSR count). The summed E-state index contributed by atoms with van der Waals surface area (Å²) in [5.41, 5.74) is -1.67. The van der Waals surface area contributed by atoms with Crippen LogP contribution in [0.4, 0.5) is 18.9 Å². The Labute approximate surface area is 219 Å². The Balaban J connectivity index is 0.00000380. The Morgan fingerprint density at radius 3 is 2.19 bits per heavy atom. The normalized spacial score (nSPS) is 14.3. The van der Waals surface area contributed by atoms with Gasteiger partial charge in [0.2, 0.25) is 0 Å². The summed E-state index contributed by atoms with van der Waals surface area (Å²) in [6.07, 6.45) is -3.83. The van der Waals surface area contributed by atoms with Gasteiger partial charge in [-0.3, -0.25) is 18.8 Å². The summed E-state index contributed by atoms with van der Waals surface area (Å²) in [4.78, 5) is 29.9. The Kier molecular flexibility index (Phi) is 9.45. The summed E-state index contributed by atoms with van der Waals surface area (Å²) < 4.78 is 47.8. The molecule has 0 unspecified atom stereocenters. The number of benzene rings is 2. The first-order valence-corrected chi connectivity index (χ1v) is 11.8. The van der Waals surface area contributed by atoms with Gasteiger partial charge in [-0.25, -0.2) is 4.79 Å². The fourth-order valence-corrected chi connectivity index (χ4v) is 4.49. The number of para-hydroxylation sites is 2. The van der Waals surface area contributed by atoms with Crippen LogP contribution in [-0.4, -0.2) is 53.9 Å². The molecule has 3 aromatic rings. The van der Waals surface area contributed by atoms with Crippen LogP contribution in [0, 0.1) is 0 Å². The van der Waals surface area contributed by atoms with Gasteiger partial charge in [-0.2, -0.15) is 13.2 Å². The summed E-state index contributed by atoms with van der Waals surface area (Å²) in [5.74, 6) is 0.807. The van der Waals surface area contributed by atoms with Crippen LogP contribution >= 0.6 is 12.4 Å². The van der Waals surface area contributed by atoms with E-state index in [0.717, 1.165) is 46.8 Å². The van der Waals surface area contributed by atoms with E-state index in [1.165, 1.54) is 0 Å². The SMILES string of the molecule is COc1ccccc1N1CCN(CCCn2c(=O)c(C(F)(F)F)cn(Cc3ccccc3)c2=O)CC1.Cl. The largest absolute Gasteiger partial charge is 0.495 e. The van der Waals surface area contributed by atoms with E-state index in [1.807, 2.05) is 24.3 Å². The van der Waals surface area contributed by atoms with Gasteiger partial charge in [-0.1, -0.05) is 42.5 Å². The average Bonchev–Trinajstić information content (AvgIpc) is 2.88. The van der Waals surface area contributed by atoms with Gasteiger partial charge >= 0.3 is 11.9 Å². The first kappa shape index (κ1) is 28.3. The predicted octanol–water partition coefficient (Wildman–Crippen LogP) is 3.72. The topological polar surface area (TPSA) is 59.7 Å². The van der Waals surface area contributed by atoms with Crippen molar-refractivity contribution in [2.45, 2.75) is 25.7 Å². The van der Waals surface area contributed by atoms with E-state index in [4.69, 9.17) is 4.74 Å². The minimum atomic E-state index is -4.85. The summed E-state index contributed by atoms with van der Waals surface area (Å²) in [7, 11) is 1.64. The standard InChI is InChI=1S/C26H29F3N4O3.ClH/c1-36-23-11-6-5-10-22(23)31-16-14-30(15-17-31)12-7-13-33-24(34)21(26(27,28)29)19-32(25(33)35)18-20-8-3-2-4-9-20;/h2-6,8-11,19H,7,12-18H2,1H3;1H. The van der Waals surface area contributed by atoms with Crippen LogP contribution in [0.1, 0.15) is 17.5 Å². The van der Waals surface area contributed by atoms with Crippen molar-refractivity contribution in [1.82, 2.24) is 14.0 Å². The number of aromatic nitrogens is 2. The first-order valence-electron chi connectivity index (χ1n) is 11.8. The smallest absolute Gasteiger partial charge is 0.423 e. The second-order valence-corrected chi connectivity index (χ2v) is 8.75. The fourth-order valence-electron chi connectivity index (χ4n) is 4.49. The van der Waals surface area contributed by atoms with Gasteiger partial charge in [0.1, 0.15) is 11.3 Å². The van der Waals surface area contributed by atoms with E-state index in [2.05, 4.69) is 9.80 Å². The van der Waals surface area contributed by atoms with Crippen molar-refractivity contribution in [1.29, 1.82) is 0 Å². The van der Waals surface area contributed by atoms with Gasteiger partial charge in [-0.05, 0) is 30.7 Å². The molecule has 2 heterocycles. The zero-order valence-electron chi connectivity index (χ0n) is 20.5. The highest BCUT2D eigenvalue weighted by Gasteiger charge is 2.36. The molecule has 1 saturated heterocycles. The second-order valence-electron chi connectivity index (χ2n) is 8.75. The van der Waals surface area contributed by atoms with Gasteiger partial charge in [0.15, 0.2) is 0 Å². The van der Waals surface area contributed by atoms with E-state index in [9.17, 15) is 22.8 Å². The average molecular weight is 539 g/mol. The zero-order chi connectivity index (χ0) is 25.7. The van der Waals surface area contributed by atoms with E-state index in [1.54, 1.807) is 37.4 Å². The number of alkyl halides is 3. The summed E-state index contributed by atoms with van der Waals surface area (Å²) in [6, 6.07) is 16.5. The van der Waals surface area contributed by atoms with Gasteiger partial charge < -0.3 is 9.64 Å². The molecule has 0 aliphatic carbocycles. The molecule has 2 aromatic carbocycles. The number of hydrogen-bond acceptors (Lipinski definition) is 5. The van der Waals surface area contributed by atoms with Crippen LogP contribution < -0.4 is 20.9 Å². The summed E-state index contributed by atoms with van der Waals surface area (Å²) >= 11 is 0. The second kappa shape index (κ2) is 12.3. The molecule has 0 bridgehead atoms. The highest BCUT2D eigenvalue weighted by Crippen LogP contribution is 2.28. The van der Waals surface area contributed by atoms with Crippen LogP contribution in [-0.2, 0) is 19.3 Å². The molecule has 200 valence electrons. The van der Waals surface area contributed by atoms with Crippen molar-refractivity contribution in [3.63, 3.8) is 0 Å². The van der Waals surface area contributed by atoms with Crippen molar-refractivity contribution < 1.29 is 17.9 Å². The lowest BCUT2D eigenvalue weighted by Crippen LogP contribution is -2.47. The van der Waals surface area contributed by atoms with E-state index < -0.39 is 23.0 Å². The molecule has 7 nitrogen and oxygen atoms in total. The monoisotopic (exact) mass is 538 g/mol. The van der Waals surface area contributed by atoms with Gasteiger partial charge in [-0.15, -0.1) is 12.4 Å². The molecule has 1 aliphatic rings. The molecular weight excluding hydrogens is 509 g/mol. The van der Waals surface area contributed by atoms with E-state index >= 15 is 0 Å². The number of ether oxygens (including phenoxy) is 1. The molecule has 1 aromatic heterocycles. The van der Waals surface area contributed by atoms with Gasteiger partial charge in [0.05, 0.1) is 19.3 Å². The molecule has 0 atom stereocenters. The predicted molar refractivity (Wildman–Crippen MR) is 139 cm³/mol. The maximum atomic E-state index is 13.6. The molecule has 11 heteroatoms. The number of halogens is 4. The molecule has 1 aliphatic heterocycles. The Morgan fingerprint density at radius 1 is 0.892 bits per heavy atom. The number of piperazine rings is 1. The van der Waals surface area contributed by atoms with Crippen molar-refractivity contribution in [3.05, 3.63) is 92.8 Å². The van der Waals surface area contributed by atoms with Gasteiger partial charge in [0.25, 0.3) is 5.56 Å². The number of methoxy groups -OCH3 is 1. The molecule has 0 N–H and O–H groups in total. The van der Waals surface area contributed by atoms with Gasteiger partial charge in [0, 0.05) is 38.9 Å². The van der Waals surface area contributed by atoms with E-state index in [-0.39, 0.29) is 25.5 Å². The number of hydrogen-bond donors (Lipinski definition) is 0. The third-order valence-electron chi connectivity index (χ3n) is 6.39. The molecular formula is C26H30ClF3N4O3. The fraction of sp³-hybridized carbons (Fsp3) is 0.385. The van der Waals surface area contributed by atoms with Crippen molar-refractivity contribution in [3.8, 4) is 5.75 Å². The molecule has 0 spiro atoms. The molecule has 1 fully saturated rings. The maximum Gasteiger partial charge on any atom is 0.423 e. The first-order chi connectivity index (χ1) is 17.3. The van der Waals surface area contributed by atoms with Crippen LogP contribution in [0.25, 0.3) is 0 Å². The molecule has 37 heavy (non-hydrogen) atoms. The lowest BCUT2D eigenvalue weighted by molar-refractivity contribution is -0.139. The third-order valence-corrected chi connectivity index (χ3v) is 6.39. The third kappa shape index (κ3) is 6.75. The number of anilines is 1. The highest BCUT2D eigenvalue weighted by molar-refractivity contribution is 5.85. The zero-order valence-corrected chi connectivity index (χ0v) is 21.3. The highest BCUT2D eigenvalue weighted by atomic mass is 35.5. The lowest BCUT2D eigenvalue weighted by Gasteiger charge is -2.36. The van der Waals surface area contributed by atoms with Crippen molar-refractivity contribution >= 4 is 18.1 Å². The number of rotatable bonds is 8. The quantitative estimate of drug-likeness (QED) is 0.437. The molecule has 0 saturated carbocycles. The van der Waals surface area contributed by atoms with Crippen LogP contribution in [0.15, 0.2) is 70.4 Å². The molecule has 0 amide bonds. The Hall–Kier alpha value is -3.24. The summed E-state index contributed by atoms with van der Waals surface area (Å²) in [5, 5.41) is 0. The molecule has 0 radical (unpaired) electrons. The Bertz CT molecular complexity index is 1290. The van der Waals surface area contributed by atoms with Crippen LogP contribution in [0.3, 0.4) is 0 Å². The van der Waals surface area contributed by atoms with Crippen LogP contribution in [0.5, 0.6) is 5.75 Å². The minimum Gasteiger partial charge on any atom is -0.495 e. The maximum absolute atomic E-state index is 13.6. The summed E-state index contributed by atoms with van der Waals surface area (Å²) in [6.45, 7) is 3.50.